The van der Waals surface area contributed by atoms with Gasteiger partial charge < -0.3 is 9.15 Å². The second-order valence-electron chi connectivity index (χ2n) is 6.94. The van der Waals surface area contributed by atoms with Gasteiger partial charge in [0.15, 0.2) is 0 Å². The lowest BCUT2D eigenvalue weighted by Gasteiger charge is -2.13. The molecule has 25 heavy (non-hydrogen) atoms. The third-order valence-electron chi connectivity index (χ3n) is 3.97. The van der Waals surface area contributed by atoms with E-state index in [9.17, 15) is 0 Å². The van der Waals surface area contributed by atoms with E-state index in [-0.39, 0.29) is 5.41 Å². The first-order valence-corrected chi connectivity index (χ1v) is 10.1. The van der Waals surface area contributed by atoms with Crippen LogP contribution >= 0.6 is 34.9 Å². The molecule has 0 radical (unpaired) electrons. The number of methoxy groups -OCH3 is 1. The van der Waals surface area contributed by atoms with Gasteiger partial charge in [-0.05, 0) is 38.2 Å². The molecule has 6 heteroatoms. The van der Waals surface area contributed by atoms with Crippen molar-refractivity contribution < 1.29 is 9.15 Å². The normalized spacial score (nSPS) is 11.8. The molecule has 0 bridgehead atoms. The summed E-state index contributed by atoms with van der Waals surface area (Å²) in [7, 11) is 1.60. The van der Waals surface area contributed by atoms with Gasteiger partial charge in [0, 0.05) is 26.8 Å². The molecule has 0 aliphatic carbocycles. The second-order valence-corrected chi connectivity index (χ2v) is 9.43. The van der Waals surface area contributed by atoms with Gasteiger partial charge in [0.25, 0.3) is 0 Å². The monoisotopic (exact) mass is 391 g/mol. The quantitative estimate of drug-likeness (QED) is 0.486. The van der Waals surface area contributed by atoms with Gasteiger partial charge in [0.2, 0.25) is 5.05 Å². The maximum absolute atomic E-state index is 5.96. The molecule has 0 fully saturated rings. The van der Waals surface area contributed by atoms with Crippen LogP contribution in [0.2, 0.25) is 0 Å². The summed E-state index contributed by atoms with van der Waals surface area (Å²) in [4.78, 5) is 7.01. The third-order valence-corrected chi connectivity index (χ3v) is 6.41. The van der Waals surface area contributed by atoms with E-state index in [1.807, 2.05) is 6.92 Å². The lowest BCUT2D eigenvalue weighted by Crippen LogP contribution is -2.09. The number of furan rings is 1. The molecule has 0 aromatic carbocycles. The fraction of sp³-hybridized carbons (Fsp3) is 0.368. The minimum Gasteiger partial charge on any atom is -0.486 e. The van der Waals surface area contributed by atoms with E-state index in [1.165, 1.54) is 4.88 Å². The predicted octanol–water partition coefficient (Wildman–Crippen LogP) is 6.37. The number of aryl methyl sites for hydroxylation is 2. The van der Waals surface area contributed by atoms with E-state index >= 15 is 0 Å². The molecular weight excluding hydrogens is 370 g/mol. The topological polar surface area (TPSA) is 35.3 Å². The number of hydrogen-bond acceptors (Lipinski definition) is 6. The van der Waals surface area contributed by atoms with Crippen LogP contribution in [0.5, 0.6) is 0 Å². The molecule has 0 amide bonds. The Kier molecular flexibility index (Phi) is 4.88. The zero-order valence-electron chi connectivity index (χ0n) is 15.2. The molecule has 0 N–H and O–H groups in total. The van der Waals surface area contributed by atoms with Gasteiger partial charge in [0.1, 0.15) is 16.5 Å². The van der Waals surface area contributed by atoms with Gasteiger partial charge in [0.05, 0.1) is 17.7 Å². The number of hydrogen-bond donors (Lipinski definition) is 0. The summed E-state index contributed by atoms with van der Waals surface area (Å²) in [6.45, 7) is 10.5. The number of aromatic nitrogens is 1. The Hall–Kier alpha value is -1.50. The minimum absolute atomic E-state index is 0.0173. The highest BCUT2D eigenvalue weighted by Gasteiger charge is 2.22. The summed E-state index contributed by atoms with van der Waals surface area (Å²) in [6, 6.07) is 4.18. The highest BCUT2D eigenvalue weighted by molar-refractivity contribution is 7.80. The predicted molar refractivity (Wildman–Crippen MR) is 110 cm³/mol. The molecule has 0 aliphatic rings. The molecule has 0 saturated carbocycles. The van der Waals surface area contributed by atoms with Crippen LogP contribution in [0.4, 0.5) is 0 Å². The molecule has 3 aromatic heterocycles. The number of rotatable bonds is 3. The molecule has 0 saturated heterocycles. The van der Waals surface area contributed by atoms with Gasteiger partial charge in [-0.1, -0.05) is 20.8 Å². The van der Waals surface area contributed by atoms with Crippen LogP contribution < -0.4 is 0 Å². The first-order chi connectivity index (χ1) is 11.7. The van der Waals surface area contributed by atoms with Crippen LogP contribution in [0.3, 0.4) is 0 Å². The average molecular weight is 392 g/mol. The standard InChI is InChI=1S/C19H21NO2S3/c1-10-12(8-16(22-10)19(3,4)5)14-9-24-17(20-14)13-7-15(18(23)21-6)25-11(13)2/h7-9H,1-6H3. The van der Waals surface area contributed by atoms with Gasteiger partial charge >= 0.3 is 0 Å². The van der Waals surface area contributed by atoms with Crippen LogP contribution in [-0.2, 0) is 10.2 Å². The van der Waals surface area contributed by atoms with Crippen LogP contribution in [0.1, 0.15) is 42.0 Å². The van der Waals surface area contributed by atoms with Crippen molar-refractivity contribution >= 4 is 39.9 Å². The second kappa shape index (κ2) is 6.67. The largest absolute Gasteiger partial charge is 0.486 e. The smallest absolute Gasteiger partial charge is 0.201 e. The Labute approximate surface area is 161 Å². The highest BCUT2D eigenvalue weighted by atomic mass is 32.1. The molecular formula is C19H21NO2S3. The fourth-order valence-electron chi connectivity index (χ4n) is 2.52. The summed E-state index contributed by atoms with van der Waals surface area (Å²) < 4.78 is 11.1. The van der Waals surface area contributed by atoms with Crippen molar-refractivity contribution in [3.05, 3.63) is 38.8 Å². The summed E-state index contributed by atoms with van der Waals surface area (Å²) in [5.74, 6) is 1.89. The summed E-state index contributed by atoms with van der Waals surface area (Å²) in [6.07, 6.45) is 0. The van der Waals surface area contributed by atoms with Crippen LogP contribution in [0.25, 0.3) is 21.8 Å². The molecule has 3 nitrogen and oxygen atoms in total. The van der Waals surface area contributed by atoms with E-state index < -0.39 is 0 Å². The van der Waals surface area contributed by atoms with Crippen molar-refractivity contribution in [2.24, 2.45) is 0 Å². The lowest BCUT2D eigenvalue weighted by atomic mass is 9.93. The van der Waals surface area contributed by atoms with E-state index in [4.69, 9.17) is 26.4 Å². The first kappa shape index (κ1) is 18.3. The maximum Gasteiger partial charge on any atom is 0.201 e. The Morgan fingerprint density at radius 3 is 2.52 bits per heavy atom. The molecule has 3 heterocycles. The van der Waals surface area contributed by atoms with Crippen molar-refractivity contribution in [3.63, 3.8) is 0 Å². The Morgan fingerprint density at radius 1 is 1.20 bits per heavy atom. The first-order valence-electron chi connectivity index (χ1n) is 7.96. The molecule has 0 spiro atoms. The van der Waals surface area contributed by atoms with Crippen LogP contribution in [0, 0.1) is 13.8 Å². The van der Waals surface area contributed by atoms with E-state index in [2.05, 4.69) is 45.2 Å². The molecule has 3 rings (SSSR count). The van der Waals surface area contributed by atoms with Gasteiger partial charge in [-0.2, -0.15) is 0 Å². The number of thiophene rings is 1. The van der Waals surface area contributed by atoms with Gasteiger partial charge in [-0.15, -0.1) is 22.7 Å². The Bertz CT molecular complexity index is 925. The van der Waals surface area contributed by atoms with Crippen LogP contribution in [0.15, 0.2) is 21.9 Å². The van der Waals surface area contributed by atoms with Gasteiger partial charge in [-0.3, -0.25) is 0 Å². The molecule has 0 aliphatic heterocycles. The SMILES string of the molecule is COC(=S)c1cc(-c2nc(-c3cc(C(C)(C)C)oc3C)cs2)c(C)s1. The van der Waals surface area contributed by atoms with E-state index in [1.54, 1.807) is 29.8 Å². The maximum atomic E-state index is 5.96. The average Bonchev–Trinajstić information content (AvgIpc) is 3.23. The van der Waals surface area contributed by atoms with Crippen LogP contribution in [-0.4, -0.2) is 17.1 Å². The zero-order chi connectivity index (χ0) is 18.4. The Balaban J connectivity index is 1.98. The molecule has 132 valence electrons. The zero-order valence-corrected chi connectivity index (χ0v) is 17.7. The summed E-state index contributed by atoms with van der Waals surface area (Å²) in [5.41, 5.74) is 3.12. The van der Waals surface area contributed by atoms with Crippen molar-refractivity contribution in [3.8, 4) is 21.8 Å². The van der Waals surface area contributed by atoms with Crippen molar-refractivity contribution in [2.45, 2.75) is 40.0 Å². The summed E-state index contributed by atoms with van der Waals surface area (Å²) in [5, 5.41) is 3.61. The number of thiocarbonyl (C=S) groups is 1. The van der Waals surface area contributed by atoms with Crippen molar-refractivity contribution in [2.75, 3.05) is 7.11 Å². The lowest BCUT2D eigenvalue weighted by molar-refractivity contribution is 0.396. The number of nitrogens with zero attached hydrogens (tertiary/aromatic N) is 1. The Morgan fingerprint density at radius 2 is 1.92 bits per heavy atom. The number of thiazole rings is 1. The van der Waals surface area contributed by atoms with Crippen molar-refractivity contribution in [1.29, 1.82) is 0 Å². The molecule has 3 aromatic rings. The van der Waals surface area contributed by atoms with Gasteiger partial charge in [-0.25, -0.2) is 4.98 Å². The minimum atomic E-state index is -0.0173. The fourth-order valence-corrected chi connectivity index (χ4v) is 4.60. The third kappa shape index (κ3) is 3.57. The van der Waals surface area contributed by atoms with Crippen molar-refractivity contribution in [1.82, 2.24) is 4.98 Å². The highest BCUT2D eigenvalue weighted by Crippen LogP contribution is 2.38. The molecule has 0 unspecified atom stereocenters. The summed E-state index contributed by atoms with van der Waals surface area (Å²) >= 11 is 8.52. The number of ether oxygens (including phenoxy) is 1. The molecule has 0 atom stereocenters. The van der Waals surface area contributed by atoms with E-state index in [0.717, 1.165) is 38.2 Å². The van der Waals surface area contributed by atoms with E-state index in [0.29, 0.717) is 5.05 Å².